The number of fused-ring (bicyclic) bond motifs is 1. The number of hydrogen-bond donors (Lipinski definition) is 2. The Balaban J connectivity index is 1.74. The number of amides is 1. The summed E-state index contributed by atoms with van der Waals surface area (Å²) in [7, 11) is -1.37. The second-order valence-corrected chi connectivity index (χ2v) is 16.6. The van der Waals surface area contributed by atoms with Crippen LogP contribution in [0.15, 0.2) is 30.6 Å². The highest BCUT2D eigenvalue weighted by atomic mass is 28.3. The quantitative estimate of drug-likeness (QED) is 0.197. The summed E-state index contributed by atoms with van der Waals surface area (Å²) in [6.45, 7) is 6.83. The number of nitriles is 1. The SMILES string of the molecule is C[Si](C)(C)CCOCn1cc(-c2nc(N[C@H]3CC(F)CN(C(=O)O)C3)ncc2C(F)(F)F)c2ccc(C#N)cc21. The van der Waals surface area contributed by atoms with Crippen molar-refractivity contribution in [1.82, 2.24) is 19.4 Å². The molecule has 40 heavy (non-hydrogen) atoms. The predicted molar refractivity (Wildman–Crippen MR) is 143 cm³/mol. The number of benzene rings is 1. The summed E-state index contributed by atoms with van der Waals surface area (Å²) in [6.07, 6.45) is -5.39. The van der Waals surface area contributed by atoms with Crippen LogP contribution < -0.4 is 5.32 Å². The van der Waals surface area contributed by atoms with Gasteiger partial charge in [-0.15, -0.1) is 0 Å². The average molecular weight is 579 g/mol. The van der Waals surface area contributed by atoms with Gasteiger partial charge in [0.05, 0.1) is 29.4 Å². The minimum absolute atomic E-state index is 0.0471. The molecule has 1 aliphatic rings. The fourth-order valence-corrected chi connectivity index (χ4v) is 5.30. The lowest BCUT2D eigenvalue weighted by Crippen LogP contribution is -2.49. The summed E-state index contributed by atoms with van der Waals surface area (Å²) >= 11 is 0. The van der Waals surface area contributed by atoms with Crippen molar-refractivity contribution in [2.45, 2.75) is 57.2 Å². The maximum Gasteiger partial charge on any atom is 0.419 e. The molecule has 1 fully saturated rings. The van der Waals surface area contributed by atoms with Crippen LogP contribution in [0.3, 0.4) is 0 Å². The van der Waals surface area contributed by atoms with Crippen molar-refractivity contribution < 1.29 is 32.2 Å². The molecule has 9 nitrogen and oxygen atoms in total. The zero-order chi connectivity index (χ0) is 29.2. The number of nitrogens with zero attached hydrogens (tertiary/aromatic N) is 5. The van der Waals surface area contributed by atoms with E-state index in [-0.39, 0.29) is 37.8 Å². The molecule has 0 saturated carbocycles. The van der Waals surface area contributed by atoms with Crippen molar-refractivity contribution in [2.24, 2.45) is 0 Å². The standard InChI is InChI=1S/C26H30F4N6O3Si/c1-40(2,3)7-6-39-15-36-14-20(19-5-4-16(10-31)8-22(19)36)23-21(26(28,29)30)11-32-24(34-23)33-18-9-17(27)12-35(13-18)25(37)38/h4-5,8,11,14,17-18H,6-7,9,12-13,15H2,1-3H3,(H,37,38)(H,32,33,34)/t17?,18-/m0/s1. The van der Waals surface area contributed by atoms with Crippen LogP contribution >= 0.6 is 0 Å². The smallest absolute Gasteiger partial charge is 0.419 e. The molecule has 1 amide bonds. The van der Waals surface area contributed by atoms with E-state index in [1.807, 2.05) is 6.07 Å². The van der Waals surface area contributed by atoms with Crippen LogP contribution in [0.25, 0.3) is 22.2 Å². The van der Waals surface area contributed by atoms with Gasteiger partial charge >= 0.3 is 12.3 Å². The third kappa shape index (κ3) is 6.89. The predicted octanol–water partition coefficient (Wildman–Crippen LogP) is 5.80. The van der Waals surface area contributed by atoms with E-state index in [9.17, 15) is 32.7 Å². The van der Waals surface area contributed by atoms with Gasteiger partial charge in [-0.25, -0.2) is 19.2 Å². The zero-order valence-corrected chi connectivity index (χ0v) is 23.3. The van der Waals surface area contributed by atoms with Gasteiger partial charge in [0.2, 0.25) is 5.95 Å². The maximum absolute atomic E-state index is 14.2. The molecule has 2 aromatic heterocycles. The third-order valence-corrected chi connectivity index (χ3v) is 8.29. The molecule has 0 aliphatic carbocycles. The zero-order valence-electron chi connectivity index (χ0n) is 22.3. The summed E-state index contributed by atoms with van der Waals surface area (Å²) in [5, 5.41) is 21.9. The molecular weight excluding hydrogens is 548 g/mol. The molecular formula is C26H30F4N6O3Si. The van der Waals surface area contributed by atoms with E-state index in [2.05, 4.69) is 34.9 Å². The Morgan fingerprint density at radius 3 is 2.70 bits per heavy atom. The van der Waals surface area contributed by atoms with Crippen LogP contribution in [-0.2, 0) is 17.6 Å². The number of carbonyl (C=O) groups is 1. The van der Waals surface area contributed by atoms with Gasteiger partial charge in [0.1, 0.15) is 18.5 Å². The molecule has 2 N–H and O–H groups in total. The maximum atomic E-state index is 14.2. The lowest BCUT2D eigenvalue weighted by Gasteiger charge is -2.33. The van der Waals surface area contributed by atoms with E-state index >= 15 is 0 Å². The molecule has 4 rings (SSSR count). The minimum Gasteiger partial charge on any atom is -0.465 e. The number of piperidine rings is 1. The fourth-order valence-electron chi connectivity index (χ4n) is 4.54. The van der Waals surface area contributed by atoms with E-state index < -0.39 is 43.8 Å². The van der Waals surface area contributed by atoms with Crippen LogP contribution in [0.1, 0.15) is 17.5 Å². The molecule has 3 aromatic rings. The Hall–Kier alpha value is -3.70. The number of aromatic nitrogens is 3. The van der Waals surface area contributed by atoms with Gasteiger partial charge in [-0.05, 0) is 18.2 Å². The van der Waals surface area contributed by atoms with Crippen molar-refractivity contribution >= 4 is 31.0 Å². The van der Waals surface area contributed by atoms with E-state index in [1.165, 1.54) is 12.3 Å². The Morgan fingerprint density at radius 2 is 2.05 bits per heavy atom. The summed E-state index contributed by atoms with van der Waals surface area (Å²) < 4.78 is 64.0. The van der Waals surface area contributed by atoms with Gasteiger partial charge in [0.15, 0.2) is 0 Å². The Kier molecular flexibility index (Phi) is 8.36. The first kappa shape index (κ1) is 29.3. The molecule has 0 bridgehead atoms. The third-order valence-electron chi connectivity index (χ3n) is 6.59. The lowest BCUT2D eigenvalue weighted by molar-refractivity contribution is -0.137. The molecule has 14 heteroatoms. The number of halogens is 4. The van der Waals surface area contributed by atoms with Gasteiger partial charge in [0.25, 0.3) is 0 Å². The van der Waals surface area contributed by atoms with E-state index in [0.29, 0.717) is 29.3 Å². The summed E-state index contributed by atoms with van der Waals surface area (Å²) in [5.41, 5.74) is -0.468. The molecule has 0 spiro atoms. The molecule has 214 valence electrons. The van der Waals surface area contributed by atoms with Crippen LogP contribution in [0.5, 0.6) is 0 Å². The van der Waals surface area contributed by atoms with Crippen molar-refractivity contribution in [2.75, 3.05) is 25.0 Å². The van der Waals surface area contributed by atoms with Gasteiger partial charge in [-0.3, -0.25) is 0 Å². The van der Waals surface area contributed by atoms with Crippen molar-refractivity contribution in [3.63, 3.8) is 0 Å². The lowest BCUT2D eigenvalue weighted by atomic mass is 10.0. The van der Waals surface area contributed by atoms with Crippen molar-refractivity contribution in [1.29, 1.82) is 5.26 Å². The van der Waals surface area contributed by atoms with Gasteiger partial charge in [-0.2, -0.15) is 18.4 Å². The number of rotatable bonds is 8. The molecule has 0 radical (unpaired) electrons. The highest BCUT2D eigenvalue weighted by Gasteiger charge is 2.37. The first-order chi connectivity index (χ1) is 18.7. The van der Waals surface area contributed by atoms with Crippen molar-refractivity contribution in [3.05, 3.63) is 41.7 Å². The number of alkyl halides is 4. The molecule has 1 aliphatic heterocycles. The highest BCUT2D eigenvalue weighted by molar-refractivity contribution is 6.76. The first-order valence-corrected chi connectivity index (χ1v) is 16.4. The number of ether oxygens (including phenoxy) is 1. The summed E-state index contributed by atoms with van der Waals surface area (Å²) in [5.74, 6) is -0.187. The largest absolute Gasteiger partial charge is 0.465 e. The second-order valence-electron chi connectivity index (χ2n) is 11.0. The molecule has 2 atom stereocenters. The van der Waals surface area contributed by atoms with Crippen molar-refractivity contribution in [3.8, 4) is 17.3 Å². The number of likely N-dealkylation sites (tertiary alicyclic amines) is 1. The number of nitrogens with one attached hydrogen (secondary N) is 1. The topological polar surface area (TPSA) is 116 Å². The molecule has 1 saturated heterocycles. The molecule has 3 heterocycles. The van der Waals surface area contributed by atoms with Gasteiger partial charge in [-0.1, -0.05) is 25.7 Å². The monoisotopic (exact) mass is 578 g/mol. The Bertz CT molecular complexity index is 1430. The van der Waals surface area contributed by atoms with E-state index in [0.717, 1.165) is 10.9 Å². The summed E-state index contributed by atoms with van der Waals surface area (Å²) in [4.78, 5) is 20.3. The van der Waals surface area contributed by atoms with Gasteiger partial charge in [0, 0.05) is 57.0 Å². The minimum atomic E-state index is -4.78. The molecule has 1 aromatic carbocycles. The highest BCUT2D eigenvalue weighted by Crippen LogP contribution is 2.39. The van der Waals surface area contributed by atoms with E-state index in [1.54, 1.807) is 16.7 Å². The summed E-state index contributed by atoms with van der Waals surface area (Å²) in [6, 6.07) is 6.88. The average Bonchev–Trinajstić information content (AvgIpc) is 3.22. The van der Waals surface area contributed by atoms with Crippen LogP contribution in [0.2, 0.25) is 25.7 Å². The molecule has 1 unspecified atom stereocenters. The van der Waals surface area contributed by atoms with Crippen LogP contribution in [0, 0.1) is 11.3 Å². The first-order valence-electron chi connectivity index (χ1n) is 12.7. The fraction of sp³-hybridized carbons (Fsp3) is 0.462. The van der Waals surface area contributed by atoms with Crippen LogP contribution in [-0.4, -0.2) is 70.6 Å². The Labute approximate surface area is 229 Å². The number of carboxylic acid groups (broad SMARTS) is 1. The normalized spacial score (nSPS) is 18.1. The second kappa shape index (κ2) is 11.4. The van der Waals surface area contributed by atoms with Crippen LogP contribution in [0.4, 0.5) is 28.3 Å². The number of hydrogen-bond acceptors (Lipinski definition) is 6. The Morgan fingerprint density at radius 1 is 1.30 bits per heavy atom. The van der Waals surface area contributed by atoms with Gasteiger partial charge < -0.3 is 24.6 Å². The number of anilines is 1. The van der Waals surface area contributed by atoms with E-state index in [4.69, 9.17) is 4.74 Å².